The molecule has 2 fully saturated rings. The van der Waals surface area contributed by atoms with Crippen LogP contribution >= 0.6 is 0 Å². The van der Waals surface area contributed by atoms with Crippen LogP contribution in [0.5, 0.6) is 0 Å². The smallest absolute Gasteiger partial charge is 0.0267 e. The SMILES string of the molecule is CCC1CCC(C(NN)C2CCCCCC2)C1. The molecule has 2 aliphatic rings. The number of nitrogens with two attached hydrogens (primary N) is 1. The highest BCUT2D eigenvalue weighted by Gasteiger charge is 2.34. The molecule has 2 aliphatic carbocycles. The molecule has 0 spiro atoms. The van der Waals surface area contributed by atoms with Gasteiger partial charge in [-0.15, -0.1) is 0 Å². The first-order valence-corrected chi connectivity index (χ1v) is 7.81. The van der Waals surface area contributed by atoms with E-state index in [0.29, 0.717) is 6.04 Å². The van der Waals surface area contributed by atoms with E-state index >= 15 is 0 Å². The molecule has 0 heterocycles. The molecular weight excluding hydrogens is 208 g/mol. The lowest BCUT2D eigenvalue weighted by molar-refractivity contribution is 0.234. The Morgan fingerprint density at radius 1 is 1.00 bits per heavy atom. The Morgan fingerprint density at radius 3 is 2.24 bits per heavy atom. The monoisotopic (exact) mass is 238 g/mol. The van der Waals surface area contributed by atoms with Gasteiger partial charge in [0.1, 0.15) is 0 Å². The summed E-state index contributed by atoms with van der Waals surface area (Å²) in [4.78, 5) is 0. The summed E-state index contributed by atoms with van der Waals surface area (Å²) >= 11 is 0. The predicted molar refractivity (Wildman–Crippen MR) is 73.4 cm³/mol. The summed E-state index contributed by atoms with van der Waals surface area (Å²) in [5, 5.41) is 0. The molecule has 0 aromatic carbocycles. The first-order chi connectivity index (χ1) is 8.35. The summed E-state index contributed by atoms with van der Waals surface area (Å²) in [7, 11) is 0. The van der Waals surface area contributed by atoms with E-state index in [0.717, 1.165) is 17.8 Å². The van der Waals surface area contributed by atoms with Gasteiger partial charge in [-0.1, -0.05) is 45.4 Å². The Bertz CT molecular complexity index is 209. The predicted octanol–water partition coefficient (Wildman–Crippen LogP) is 3.62. The second-order valence-corrected chi connectivity index (χ2v) is 6.29. The topological polar surface area (TPSA) is 38.0 Å². The van der Waals surface area contributed by atoms with Gasteiger partial charge in [-0.25, -0.2) is 0 Å². The minimum atomic E-state index is 0.602. The second-order valence-electron chi connectivity index (χ2n) is 6.29. The normalized spacial score (nSPS) is 33.5. The third kappa shape index (κ3) is 3.45. The third-order valence-electron chi connectivity index (χ3n) is 5.27. The summed E-state index contributed by atoms with van der Waals surface area (Å²) in [5.41, 5.74) is 3.19. The quantitative estimate of drug-likeness (QED) is 0.446. The first-order valence-electron chi connectivity index (χ1n) is 7.81. The van der Waals surface area contributed by atoms with Gasteiger partial charge in [-0.3, -0.25) is 11.3 Å². The molecule has 100 valence electrons. The Hall–Kier alpha value is -0.0800. The Morgan fingerprint density at radius 2 is 1.71 bits per heavy atom. The van der Waals surface area contributed by atoms with Gasteiger partial charge in [-0.05, 0) is 43.4 Å². The highest BCUT2D eigenvalue weighted by Crippen LogP contribution is 2.39. The Kier molecular flexibility index (Phi) is 5.30. The van der Waals surface area contributed by atoms with Crippen molar-refractivity contribution in [1.29, 1.82) is 0 Å². The second kappa shape index (κ2) is 6.75. The number of hydrogen-bond acceptors (Lipinski definition) is 2. The van der Waals surface area contributed by atoms with Gasteiger partial charge >= 0.3 is 0 Å². The third-order valence-corrected chi connectivity index (χ3v) is 5.27. The fourth-order valence-corrected chi connectivity index (χ4v) is 4.14. The summed E-state index contributed by atoms with van der Waals surface area (Å²) in [5.74, 6) is 8.55. The van der Waals surface area contributed by atoms with E-state index in [1.807, 2.05) is 0 Å². The number of nitrogens with one attached hydrogen (secondary N) is 1. The molecule has 0 aliphatic heterocycles. The van der Waals surface area contributed by atoms with E-state index in [1.54, 1.807) is 0 Å². The van der Waals surface area contributed by atoms with E-state index in [4.69, 9.17) is 5.84 Å². The average molecular weight is 238 g/mol. The van der Waals surface area contributed by atoms with Gasteiger partial charge in [0.05, 0.1) is 0 Å². The zero-order valence-electron chi connectivity index (χ0n) is 11.5. The standard InChI is InChI=1S/C15H30N2/c1-2-12-9-10-14(11-12)15(17-16)13-7-5-3-4-6-8-13/h12-15,17H,2-11,16H2,1H3. The zero-order chi connectivity index (χ0) is 12.1. The van der Waals surface area contributed by atoms with Crippen LogP contribution < -0.4 is 11.3 Å². The molecule has 2 saturated carbocycles. The Balaban J connectivity index is 1.90. The molecule has 3 unspecified atom stereocenters. The van der Waals surface area contributed by atoms with E-state index < -0.39 is 0 Å². The van der Waals surface area contributed by atoms with Crippen LogP contribution in [0.4, 0.5) is 0 Å². The Labute approximate surface area is 107 Å². The van der Waals surface area contributed by atoms with Crippen LogP contribution in [0.3, 0.4) is 0 Å². The molecule has 3 atom stereocenters. The van der Waals surface area contributed by atoms with Crippen molar-refractivity contribution in [3.05, 3.63) is 0 Å². The van der Waals surface area contributed by atoms with Gasteiger partial charge in [0.15, 0.2) is 0 Å². The number of rotatable bonds is 4. The lowest BCUT2D eigenvalue weighted by Crippen LogP contribution is -2.45. The van der Waals surface area contributed by atoms with Crippen molar-refractivity contribution in [2.24, 2.45) is 23.6 Å². The summed E-state index contributed by atoms with van der Waals surface area (Å²) < 4.78 is 0. The summed E-state index contributed by atoms with van der Waals surface area (Å²) in [6.45, 7) is 2.34. The molecule has 0 amide bonds. The molecule has 17 heavy (non-hydrogen) atoms. The molecule has 0 radical (unpaired) electrons. The fraction of sp³-hybridized carbons (Fsp3) is 1.00. The fourth-order valence-electron chi connectivity index (χ4n) is 4.14. The van der Waals surface area contributed by atoms with Crippen LogP contribution in [0.2, 0.25) is 0 Å². The van der Waals surface area contributed by atoms with Crippen molar-refractivity contribution < 1.29 is 0 Å². The first kappa shape index (κ1) is 13.4. The summed E-state index contributed by atoms with van der Waals surface area (Å²) in [6, 6.07) is 0.602. The molecule has 3 N–H and O–H groups in total. The molecule has 2 heteroatoms. The van der Waals surface area contributed by atoms with Crippen molar-refractivity contribution >= 4 is 0 Å². The van der Waals surface area contributed by atoms with Crippen LogP contribution in [-0.4, -0.2) is 6.04 Å². The van der Waals surface area contributed by atoms with Gasteiger partial charge in [0.2, 0.25) is 0 Å². The van der Waals surface area contributed by atoms with Crippen molar-refractivity contribution in [3.63, 3.8) is 0 Å². The van der Waals surface area contributed by atoms with E-state index in [-0.39, 0.29) is 0 Å². The molecule has 0 saturated heterocycles. The molecule has 0 aromatic heterocycles. The van der Waals surface area contributed by atoms with Crippen LogP contribution in [0.15, 0.2) is 0 Å². The largest absolute Gasteiger partial charge is 0.271 e. The lowest BCUT2D eigenvalue weighted by Gasteiger charge is -2.31. The van der Waals surface area contributed by atoms with Gasteiger partial charge in [-0.2, -0.15) is 0 Å². The molecule has 2 nitrogen and oxygen atoms in total. The van der Waals surface area contributed by atoms with E-state index in [2.05, 4.69) is 12.3 Å². The number of hydrogen-bond donors (Lipinski definition) is 2. The van der Waals surface area contributed by atoms with Gasteiger partial charge in [0, 0.05) is 6.04 Å². The van der Waals surface area contributed by atoms with Crippen LogP contribution in [0.1, 0.15) is 71.1 Å². The van der Waals surface area contributed by atoms with E-state index in [1.165, 1.54) is 64.2 Å². The molecule has 0 aromatic rings. The van der Waals surface area contributed by atoms with Crippen LogP contribution in [0.25, 0.3) is 0 Å². The van der Waals surface area contributed by atoms with Gasteiger partial charge < -0.3 is 0 Å². The average Bonchev–Trinajstić information content (AvgIpc) is 2.66. The maximum atomic E-state index is 5.87. The van der Waals surface area contributed by atoms with Crippen molar-refractivity contribution in [3.8, 4) is 0 Å². The highest BCUT2D eigenvalue weighted by atomic mass is 15.2. The van der Waals surface area contributed by atoms with Crippen LogP contribution in [-0.2, 0) is 0 Å². The maximum Gasteiger partial charge on any atom is 0.0267 e. The summed E-state index contributed by atoms with van der Waals surface area (Å²) in [6.07, 6.45) is 14.2. The molecule has 2 rings (SSSR count). The number of hydrazine groups is 1. The highest BCUT2D eigenvalue weighted by molar-refractivity contribution is 4.88. The molecule has 0 bridgehead atoms. The maximum absolute atomic E-state index is 5.87. The minimum Gasteiger partial charge on any atom is -0.271 e. The van der Waals surface area contributed by atoms with Gasteiger partial charge in [0.25, 0.3) is 0 Å². The zero-order valence-corrected chi connectivity index (χ0v) is 11.5. The van der Waals surface area contributed by atoms with Crippen LogP contribution in [0, 0.1) is 17.8 Å². The lowest BCUT2D eigenvalue weighted by atomic mass is 9.82. The molecular formula is C15H30N2. The minimum absolute atomic E-state index is 0.602. The van der Waals surface area contributed by atoms with E-state index in [9.17, 15) is 0 Å². The van der Waals surface area contributed by atoms with Crippen molar-refractivity contribution in [1.82, 2.24) is 5.43 Å². The van der Waals surface area contributed by atoms with Crippen molar-refractivity contribution in [2.45, 2.75) is 77.2 Å². The van der Waals surface area contributed by atoms with Crippen molar-refractivity contribution in [2.75, 3.05) is 0 Å².